The first-order valence-electron chi connectivity index (χ1n) is 6.79. The summed E-state index contributed by atoms with van der Waals surface area (Å²) in [5.74, 6) is -0.296. The van der Waals surface area contributed by atoms with Gasteiger partial charge in [-0.2, -0.15) is 0 Å². The van der Waals surface area contributed by atoms with Crippen molar-refractivity contribution in [3.8, 4) is 0 Å². The number of hydrogen-bond donors (Lipinski definition) is 1. The molecule has 0 aromatic heterocycles. The van der Waals surface area contributed by atoms with E-state index < -0.39 is 4.92 Å². The molecule has 0 heterocycles. The van der Waals surface area contributed by atoms with Crippen molar-refractivity contribution >= 4 is 11.7 Å². The monoisotopic (exact) mass is 278 g/mol. The first-order valence-corrected chi connectivity index (χ1v) is 6.79. The minimum absolute atomic E-state index is 0.0513. The lowest BCUT2D eigenvalue weighted by Crippen LogP contribution is -2.27. The van der Waals surface area contributed by atoms with E-state index in [1.807, 2.05) is 0 Å². The molecule has 108 valence electrons. The number of nitrogens with zero attached hydrogens (tertiary/aromatic N) is 1. The molecule has 0 aliphatic heterocycles. The van der Waals surface area contributed by atoms with Crippen LogP contribution in [-0.2, 0) is 16.1 Å². The standard InChI is InChI=1S/C14H18N2O4/c17-14(20-12-6-2-3-7-12)10-15-9-11-5-1-4-8-13(11)16(18)19/h1,4-5,8,12,15H,2-3,6-7,9-10H2. The molecule has 1 aliphatic carbocycles. The number of benzene rings is 1. The number of nitro benzene ring substituents is 1. The number of hydrogen-bond acceptors (Lipinski definition) is 5. The molecule has 1 aromatic carbocycles. The van der Waals surface area contributed by atoms with E-state index in [1.165, 1.54) is 6.07 Å². The van der Waals surface area contributed by atoms with E-state index in [0.717, 1.165) is 25.7 Å². The van der Waals surface area contributed by atoms with Gasteiger partial charge in [-0.25, -0.2) is 0 Å². The third kappa shape index (κ3) is 4.03. The molecule has 0 spiro atoms. The van der Waals surface area contributed by atoms with Gasteiger partial charge in [0.25, 0.3) is 5.69 Å². The molecule has 1 saturated carbocycles. The summed E-state index contributed by atoms with van der Waals surface area (Å²) < 4.78 is 5.29. The molecule has 1 aromatic rings. The van der Waals surface area contributed by atoms with Crippen LogP contribution < -0.4 is 5.32 Å². The Hall–Kier alpha value is -1.95. The maximum Gasteiger partial charge on any atom is 0.320 e. The molecule has 20 heavy (non-hydrogen) atoms. The predicted octanol–water partition coefficient (Wildman–Crippen LogP) is 2.17. The van der Waals surface area contributed by atoms with E-state index in [1.54, 1.807) is 18.2 Å². The molecule has 6 heteroatoms. The third-order valence-electron chi connectivity index (χ3n) is 3.37. The SMILES string of the molecule is O=C(CNCc1ccccc1[N+](=O)[O-])OC1CCCC1. The lowest BCUT2D eigenvalue weighted by Gasteiger charge is -2.11. The third-order valence-corrected chi connectivity index (χ3v) is 3.37. The van der Waals surface area contributed by atoms with Crippen LogP contribution in [0.4, 0.5) is 5.69 Å². The van der Waals surface area contributed by atoms with E-state index >= 15 is 0 Å². The zero-order valence-corrected chi connectivity index (χ0v) is 11.2. The number of para-hydroxylation sites is 1. The molecule has 0 bridgehead atoms. The Morgan fingerprint density at radius 2 is 2.05 bits per heavy atom. The summed E-state index contributed by atoms with van der Waals surface area (Å²) in [5, 5.41) is 13.7. The molecule has 1 aliphatic rings. The molecule has 0 amide bonds. The van der Waals surface area contributed by atoms with Crippen LogP contribution in [0.3, 0.4) is 0 Å². The van der Waals surface area contributed by atoms with Gasteiger partial charge in [0.1, 0.15) is 6.10 Å². The van der Waals surface area contributed by atoms with E-state index in [-0.39, 0.29) is 30.9 Å². The van der Waals surface area contributed by atoms with Crippen molar-refractivity contribution in [2.45, 2.75) is 38.3 Å². The summed E-state index contributed by atoms with van der Waals surface area (Å²) in [7, 11) is 0. The first-order chi connectivity index (χ1) is 9.66. The fourth-order valence-corrected chi connectivity index (χ4v) is 2.37. The average Bonchev–Trinajstić information content (AvgIpc) is 2.92. The summed E-state index contributed by atoms with van der Waals surface area (Å²) >= 11 is 0. The minimum Gasteiger partial charge on any atom is -0.461 e. The van der Waals surface area contributed by atoms with E-state index in [9.17, 15) is 14.9 Å². The van der Waals surface area contributed by atoms with Crippen LogP contribution in [0.5, 0.6) is 0 Å². The van der Waals surface area contributed by atoms with Gasteiger partial charge < -0.3 is 10.1 Å². The summed E-state index contributed by atoms with van der Waals surface area (Å²) in [4.78, 5) is 22.0. The molecule has 0 unspecified atom stereocenters. The molecule has 6 nitrogen and oxygen atoms in total. The lowest BCUT2D eigenvalue weighted by atomic mass is 10.2. The topological polar surface area (TPSA) is 81.5 Å². The van der Waals surface area contributed by atoms with Crippen LogP contribution in [0.1, 0.15) is 31.2 Å². The van der Waals surface area contributed by atoms with Gasteiger partial charge in [-0.1, -0.05) is 18.2 Å². The Kier molecular flexibility index (Phi) is 5.06. The number of carbonyl (C=O) groups excluding carboxylic acids is 1. The van der Waals surface area contributed by atoms with Gasteiger partial charge >= 0.3 is 5.97 Å². The molecular weight excluding hydrogens is 260 g/mol. The summed E-state index contributed by atoms with van der Waals surface area (Å²) in [6.07, 6.45) is 4.16. The van der Waals surface area contributed by atoms with Gasteiger partial charge in [-0.05, 0) is 25.7 Å². The quantitative estimate of drug-likeness (QED) is 0.490. The van der Waals surface area contributed by atoms with Crippen LogP contribution in [-0.4, -0.2) is 23.5 Å². The molecule has 0 atom stereocenters. The van der Waals surface area contributed by atoms with Crippen molar-refractivity contribution in [1.29, 1.82) is 0 Å². The van der Waals surface area contributed by atoms with Gasteiger partial charge in [-0.15, -0.1) is 0 Å². The Morgan fingerprint density at radius 3 is 2.75 bits per heavy atom. The molecule has 1 N–H and O–H groups in total. The maximum absolute atomic E-state index is 11.6. The molecule has 0 radical (unpaired) electrons. The second-order valence-electron chi connectivity index (χ2n) is 4.89. The highest BCUT2D eigenvalue weighted by Crippen LogP contribution is 2.21. The summed E-state index contributed by atoms with van der Waals surface area (Å²) in [6, 6.07) is 6.48. The van der Waals surface area contributed by atoms with Crippen LogP contribution in [0, 0.1) is 10.1 Å². The fourth-order valence-electron chi connectivity index (χ4n) is 2.37. The number of rotatable bonds is 6. The van der Waals surface area contributed by atoms with Crippen molar-refractivity contribution in [3.63, 3.8) is 0 Å². The second kappa shape index (κ2) is 7.00. The normalized spacial score (nSPS) is 15.2. The lowest BCUT2D eigenvalue weighted by molar-refractivity contribution is -0.385. The van der Waals surface area contributed by atoms with E-state index in [4.69, 9.17) is 4.74 Å². The zero-order chi connectivity index (χ0) is 14.4. The van der Waals surface area contributed by atoms with Crippen molar-refractivity contribution < 1.29 is 14.5 Å². The van der Waals surface area contributed by atoms with Crippen LogP contribution in [0.25, 0.3) is 0 Å². The van der Waals surface area contributed by atoms with Gasteiger partial charge in [0.15, 0.2) is 0 Å². The molecule has 2 rings (SSSR count). The second-order valence-corrected chi connectivity index (χ2v) is 4.89. The summed E-state index contributed by atoms with van der Waals surface area (Å²) in [5.41, 5.74) is 0.621. The number of nitrogens with one attached hydrogen (secondary N) is 1. The number of ether oxygens (including phenoxy) is 1. The fraction of sp³-hybridized carbons (Fsp3) is 0.500. The highest BCUT2D eigenvalue weighted by molar-refractivity contribution is 5.71. The number of esters is 1. The highest BCUT2D eigenvalue weighted by Gasteiger charge is 2.19. The van der Waals surface area contributed by atoms with Crippen LogP contribution >= 0.6 is 0 Å². The number of carbonyl (C=O) groups is 1. The van der Waals surface area contributed by atoms with E-state index in [0.29, 0.717) is 5.56 Å². The maximum atomic E-state index is 11.6. The van der Waals surface area contributed by atoms with Gasteiger partial charge in [0.2, 0.25) is 0 Å². The Morgan fingerprint density at radius 1 is 1.35 bits per heavy atom. The first kappa shape index (κ1) is 14.5. The number of nitro groups is 1. The van der Waals surface area contributed by atoms with Crippen molar-refractivity contribution in [2.75, 3.05) is 6.54 Å². The Bertz CT molecular complexity index is 484. The Balaban J connectivity index is 1.78. The van der Waals surface area contributed by atoms with Crippen molar-refractivity contribution in [3.05, 3.63) is 39.9 Å². The smallest absolute Gasteiger partial charge is 0.320 e. The van der Waals surface area contributed by atoms with E-state index in [2.05, 4.69) is 5.32 Å². The molecule has 1 fully saturated rings. The zero-order valence-electron chi connectivity index (χ0n) is 11.2. The van der Waals surface area contributed by atoms with Crippen molar-refractivity contribution in [1.82, 2.24) is 5.32 Å². The van der Waals surface area contributed by atoms with Gasteiger partial charge in [-0.3, -0.25) is 14.9 Å². The predicted molar refractivity (Wildman–Crippen MR) is 73.2 cm³/mol. The highest BCUT2D eigenvalue weighted by atomic mass is 16.6. The van der Waals surface area contributed by atoms with Crippen LogP contribution in [0.15, 0.2) is 24.3 Å². The van der Waals surface area contributed by atoms with Crippen LogP contribution in [0.2, 0.25) is 0 Å². The van der Waals surface area contributed by atoms with Gasteiger partial charge in [0, 0.05) is 18.2 Å². The minimum atomic E-state index is -0.423. The summed E-state index contributed by atoms with van der Waals surface area (Å²) in [6.45, 7) is 0.347. The Labute approximate surface area is 117 Å². The van der Waals surface area contributed by atoms with Gasteiger partial charge in [0.05, 0.1) is 11.5 Å². The average molecular weight is 278 g/mol. The molecular formula is C14H18N2O4. The van der Waals surface area contributed by atoms with Crippen molar-refractivity contribution in [2.24, 2.45) is 0 Å². The largest absolute Gasteiger partial charge is 0.461 e. The molecule has 0 saturated heterocycles.